The van der Waals surface area contributed by atoms with Gasteiger partial charge in [0.05, 0.1) is 6.26 Å². The highest BCUT2D eigenvalue weighted by molar-refractivity contribution is 4.95. The van der Waals surface area contributed by atoms with Crippen LogP contribution in [-0.4, -0.2) is 31.8 Å². The number of rotatable bonds is 9. The van der Waals surface area contributed by atoms with Crippen LogP contribution in [0.25, 0.3) is 0 Å². The summed E-state index contributed by atoms with van der Waals surface area (Å²) in [4.78, 5) is 0. The van der Waals surface area contributed by atoms with Crippen molar-refractivity contribution in [1.82, 2.24) is 10.6 Å². The minimum Gasteiger partial charge on any atom is -0.467 e. The van der Waals surface area contributed by atoms with Crippen molar-refractivity contribution in [1.29, 1.82) is 0 Å². The van der Waals surface area contributed by atoms with Crippen LogP contribution >= 0.6 is 0 Å². The van der Waals surface area contributed by atoms with Crippen LogP contribution in [-0.2, 0) is 11.3 Å². The topological polar surface area (TPSA) is 46.4 Å². The van der Waals surface area contributed by atoms with Gasteiger partial charge in [0, 0.05) is 18.7 Å². The molecule has 0 saturated carbocycles. The zero-order chi connectivity index (χ0) is 13.3. The molecule has 2 rings (SSSR count). The molecule has 2 N–H and O–H groups in total. The largest absolute Gasteiger partial charge is 0.467 e. The van der Waals surface area contributed by atoms with Crippen molar-refractivity contribution in [2.24, 2.45) is 0 Å². The molecule has 1 aliphatic heterocycles. The van der Waals surface area contributed by atoms with Gasteiger partial charge in [-0.15, -0.1) is 0 Å². The zero-order valence-corrected chi connectivity index (χ0v) is 11.9. The molecular weight excluding hydrogens is 240 g/mol. The Kier molecular flexibility index (Phi) is 6.41. The van der Waals surface area contributed by atoms with Gasteiger partial charge in [0.1, 0.15) is 12.4 Å². The first kappa shape index (κ1) is 14.6. The fourth-order valence-electron chi connectivity index (χ4n) is 2.56. The lowest BCUT2D eigenvalue weighted by molar-refractivity contribution is 0.103. The molecule has 0 aromatic carbocycles. The zero-order valence-electron chi connectivity index (χ0n) is 11.9. The lowest BCUT2D eigenvalue weighted by Crippen LogP contribution is -2.34. The van der Waals surface area contributed by atoms with Gasteiger partial charge < -0.3 is 19.8 Å². The minimum absolute atomic E-state index is 0.578. The summed E-state index contributed by atoms with van der Waals surface area (Å²) in [6.45, 7) is 5.84. The van der Waals surface area contributed by atoms with E-state index in [0.717, 1.165) is 31.4 Å². The van der Waals surface area contributed by atoms with E-state index in [0.29, 0.717) is 12.6 Å². The molecule has 1 aliphatic rings. The maximum absolute atomic E-state index is 5.55. The quantitative estimate of drug-likeness (QED) is 0.673. The van der Waals surface area contributed by atoms with E-state index in [1.807, 2.05) is 12.1 Å². The Balaban J connectivity index is 1.42. The summed E-state index contributed by atoms with van der Waals surface area (Å²) < 4.78 is 10.8. The van der Waals surface area contributed by atoms with Crippen LogP contribution in [0.15, 0.2) is 22.8 Å². The van der Waals surface area contributed by atoms with E-state index in [1.54, 1.807) is 6.26 Å². The van der Waals surface area contributed by atoms with Crippen molar-refractivity contribution in [3.63, 3.8) is 0 Å². The fourth-order valence-corrected chi connectivity index (χ4v) is 2.56. The molecule has 0 amide bonds. The summed E-state index contributed by atoms with van der Waals surface area (Å²) in [6.07, 6.45) is 6.62. The van der Waals surface area contributed by atoms with E-state index in [-0.39, 0.29) is 0 Å². The summed E-state index contributed by atoms with van der Waals surface area (Å²) in [5.41, 5.74) is 0. The van der Waals surface area contributed by atoms with Gasteiger partial charge in [0.2, 0.25) is 0 Å². The number of furan rings is 1. The van der Waals surface area contributed by atoms with Gasteiger partial charge in [-0.05, 0) is 57.8 Å². The maximum Gasteiger partial charge on any atom is 0.129 e. The third-order valence-electron chi connectivity index (χ3n) is 3.58. The molecular formula is C15H26N2O2. The first-order valence-corrected chi connectivity index (χ1v) is 7.41. The molecule has 0 bridgehead atoms. The summed E-state index contributed by atoms with van der Waals surface area (Å²) in [7, 11) is 0. The Morgan fingerprint density at radius 2 is 2.53 bits per heavy atom. The van der Waals surface area contributed by atoms with Crippen molar-refractivity contribution in [3.05, 3.63) is 24.2 Å². The van der Waals surface area contributed by atoms with E-state index in [9.17, 15) is 0 Å². The predicted molar refractivity (Wildman–Crippen MR) is 76.1 cm³/mol. The van der Waals surface area contributed by atoms with Crippen molar-refractivity contribution in [2.45, 2.75) is 51.3 Å². The van der Waals surface area contributed by atoms with E-state index < -0.39 is 0 Å². The molecule has 2 atom stereocenters. The standard InChI is InChI=1S/C15H26N2O2/c1-13(11-14-5-2-7-17-14)16-8-4-9-18-12-15-6-3-10-19-15/h3,6,10,13-14,16-17H,2,4-5,7-9,11-12H2,1H3. The Bertz CT molecular complexity index is 321. The highest BCUT2D eigenvalue weighted by Crippen LogP contribution is 2.10. The number of nitrogens with one attached hydrogen (secondary N) is 2. The van der Waals surface area contributed by atoms with Gasteiger partial charge in [0.15, 0.2) is 0 Å². The van der Waals surface area contributed by atoms with Crippen LogP contribution in [0.4, 0.5) is 0 Å². The maximum atomic E-state index is 5.55. The van der Waals surface area contributed by atoms with Crippen LogP contribution in [0.5, 0.6) is 0 Å². The monoisotopic (exact) mass is 266 g/mol. The average Bonchev–Trinajstić information content (AvgIpc) is 3.06. The third kappa shape index (κ3) is 5.76. The summed E-state index contributed by atoms with van der Waals surface area (Å²) >= 11 is 0. The summed E-state index contributed by atoms with van der Waals surface area (Å²) in [5, 5.41) is 7.10. The molecule has 2 unspecified atom stereocenters. The second-order valence-electron chi connectivity index (χ2n) is 5.37. The van der Waals surface area contributed by atoms with E-state index in [1.165, 1.54) is 25.8 Å². The highest BCUT2D eigenvalue weighted by Gasteiger charge is 2.16. The van der Waals surface area contributed by atoms with Gasteiger partial charge in [-0.25, -0.2) is 0 Å². The number of hydrogen-bond acceptors (Lipinski definition) is 4. The first-order valence-electron chi connectivity index (χ1n) is 7.41. The smallest absolute Gasteiger partial charge is 0.129 e. The Labute approximate surface area is 115 Å². The molecule has 0 spiro atoms. The molecule has 4 heteroatoms. The Hall–Kier alpha value is -0.840. The van der Waals surface area contributed by atoms with Crippen molar-refractivity contribution >= 4 is 0 Å². The molecule has 1 aromatic rings. The molecule has 0 radical (unpaired) electrons. The van der Waals surface area contributed by atoms with Crippen LogP contribution < -0.4 is 10.6 Å². The van der Waals surface area contributed by atoms with Crippen molar-refractivity contribution in [2.75, 3.05) is 19.7 Å². The normalized spacial score (nSPS) is 20.8. The van der Waals surface area contributed by atoms with Crippen molar-refractivity contribution in [3.8, 4) is 0 Å². The molecule has 1 fully saturated rings. The van der Waals surface area contributed by atoms with Crippen LogP contribution in [0.1, 0.15) is 38.4 Å². The van der Waals surface area contributed by atoms with Gasteiger partial charge in [-0.1, -0.05) is 0 Å². The van der Waals surface area contributed by atoms with Gasteiger partial charge in [-0.3, -0.25) is 0 Å². The second kappa shape index (κ2) is 8.35. The molecule has 108 valence electrons. The van der Waals surface area contributed by atoms with Crippen LogP contribution in [0.3, 0.4) is 0 Å². The Morgan fingerprint density at radius 1 is 1.58 bits per heavy atom. The van der Waals surface area contributed by atoms with Crippen molar-refractivity contribution < 1.29 is 9.15 Å². The third-order valence-corrected chi connectivity index (χ3v) is 3.58. The van der Waals surface area contributed by atoms with E-state index in [4.69, 9.17) is 9.15 Å². The highest BCUT2D eigenvalue weighted by atomic mass is 16.5. The van der Waals surface area contributed by atoms with Crippen LogP contribution in [0, 0.1) is 0 Å². The van der Waals surface area contributed by atoms with Gasteiger partial charge in [0.25, 0.3) is 0 Å². The first-order chi connectivity index (χ1) is 9.34. The van der Waals surface area contributed by atoms with Gasteiger partial charge in [-0.2, -0.15) is 0 Å². The molecule has 19 heavy (non-hydrogen) atoms. The lowest BCUT2D eigenvalue weighted by Gasteiger charge is -2.18. The fraction of sp³-hybridized carbons (Fsp3) is 0.733. The SMILES string of the molecule is CC(CC1CCCN1)NCCCOCc1ccco1. The second-order valence-corrected chi connectivity index (χ2v) is 5.37. The molecule has 1 aromatic heterocycles. The van der Waals surface area contributed by atoms with E-state index >= 15 is 0 Å². The Morgan fingerprint density at radius 3 is 3.26 bits per heavy atom. The number of hydrogen-bond donors (Lipinski definition) is 2. The molecule has 4 nitrogen and oxygen atoms in total. The predicted octanol–water partition coefficient (Wildman–Crippen LogP) is 2.31. The molecule has 2 heterocycles. The van der Waals surface area contributed by atoms with E-state index in [2.05, 4.69) is 17.6 Å². The summed E-state index contributed by atoms with van der Waals surface area (Å²) in [5.74, 6) is 0.897. The van der Waals surface area contributed by atoms with Crippen LogP contribution in [0.2, 0.25) is 0 Å². The average molecular weight is 266 g/mol. The minimum atomic E-state index is 0.578. The lowest BCUT2D eigenvalue weighted by atomic mass is 10.1. The number of ether oxygens (including phenoxy) is 1. The summed E-state index contributed by atoms with van der Waals surface area (Å²) in [6, 6.07) is 5.13. The molecule has 1 saturated heterocycles. The van der Waals surface area contributed by atoms with Gasteiger partial charge >= 0.3 is 0 Å². The molecule has 0 aliphatic carbocycles.